The molecule has 2 heterocycles. The van der Waals surface area contributed by atoms with E-state index in [1.807, 2.05) is 48.9 Å². The van der Waals surface area contributed by atoms with Crippen LogP contribution in [0.4, 0.5) is 5.13 Å². The van der Waals surface area contributed by atoms with Crippen LogP contribution in [0.5, 0.6) is 0 Å². The molecule has 0 saturated heterocycles. The minimum Gasteiger partial charge on any atom is -0.369 e. The Hall–Kier alpha value is -2.32. The van der Waals surface area contributed by atoms with Crippen molar-refractivity contribution in [3.05, 3.63) is 41.7 Å². The Labute approximate surface area is 153 Å². The van der Waals surface area contributed by atoms with Gasteiger partial charge in [-0.25, -0.2) is 4.98 Å². The zero-order valence-electron chi connectivity index (χ0n) is 13.9. The summed E-state index contributed by atoms with van der Waals surface area (Å²) in [6.07, 6.45) is 1.86. The second-order valence-electron chi connectivity index (χ2n) is 5.45. The summed E-state index contributed by atoms with van der Waals surface area (Å²) >= 11 is 2.68. The van der Waals surface area contributed by atoms with Gasteiger partial charge in [-0.15, -0.1) is 11.8 Å². The number of carbonyl (C=O) groups is 2. The smallest absolute Gasteiger partial charge is 0.259 e. The van der Waals surface area contributed by atoms with Crippen molar-refractivity contribution in [1.82, 2.24) is 9.55 Å². The predicted octanol–water partition coefficient (Wildman–Crippen LogP) is 3.26. The molecule has 8 heteroatoms. The number of thioether (sulfide) groups is 1. The first-order valence-electron chi connectivity index (χ1n) is 7.77. The molecule has 3 rings (SSSR count). The predicted molar refractivity (Wildman–Crippen MR) is 102 cm³/mol. The number of fused-ring (bicyclic) bond motifs is 1. The lowest BCUT2D eigenvalue weighted by molar-refractivity contribution is -0.115. The number of amides is 2. The van der Waals surface area contributed by atoms with Crippen LogP contribution in [-0.2, 0) is 11.3 Å². The third-order valence-corrected chi connectivity index (χ3v) is 6.15. The van der Waals surface area contributed by atoms with Gasteiger partial charge in [0.25, 0.3) is 5.91 Å². The number of aromatic nitrogens is 2. The summed E-state index contributed by atoms with van der Waals surface area (Å²) in [5, 5.41) is 4.29. The maximum absolute atomic E-state index is 12.7. The number of benzene rings is 1. The summed E-state index contributed by atoms with van der Waals surface area (Å²) in [6, 6.07) is 7.83. The molecule has 3 N–H and O–H groups in total. The molecule has 0 atom stereocenters. The summed E-state index contributed by atoms with van der Waals surface area (Å²) in [5.74, 6) is -0.375. The Morgan fingerprint density at radius 3 is 2.84 bits per heavy atom. The number of hydrogen-bond donors (Lipinski definition) is 2. The van der Waals surface area contributed by atoms with Crippen LogP contribution in [0.25, 0.3) is 10.9 Å². The van der Waals surface area contributed by atoms with Gasteiger partial charge >= 0.3 is 0 Å². The van der Waals surface area contributed by atoms with Gasteiger partial charge in [0, 0.05) is 23.6 Å². The third-order valence-electron chi connectivity index (χ3n) is 3.69. The molecule has 6 nitrogen and oxygen atoms in total. The highest BCUT2D eigenvalue weighted by Gasteiger charge is 2.17. The van der Waals surface area contributed by atoms with E-state index in [1.165, 1.54) is 23.1 Å². The molecule has 1 aromatic carbocycles. The van der Waals surface area contributed by atoms with Gasteiger partial charge in [-0.1, -0.05) is 29.5 Å². The van der Waals surface area contributed by atoms with E-state index >= 15 is 0 Å². The number of anilines is 1. The van der Waals surface area contributed by atoms with Gasteiger partial charge in [-0.2, -0.15) is 0 Å². The number of nitrogens with zero attached hydrogens (tertiary/aromatic N) is 2. The molecule has 3 aromatic rings. The molecule has 25 heavy (non-hydrogen) atoms. The first kappa shape index (κ1) is 17.5. The van der Waals surface area contributed by atoms with Crippen LogP contribution in [0.15, 0.2) is 34.7 Å². The minimum atomic E-state index is -0.379. The fraction of sp³-hybridized carbons (Fsp3) is 0.235. The molecule has 0 aliphatic rings. The van der Waals surface area contributed by atoms with Gasteiger partial charge in [0.05, 0.1) is 21.2 Å². The van der Waals surface area contributed by atoms with Crippen molar-refractivity contribution >= 4 is 50.9 Å². The standard InChI is InChI=1S/C17H18N4O2S2/c1-3-21-8-12(11-6-4-5-7-13(11)21)15(23)20-17-19-10(2)16(25-17)24-9-14(18)22/h4-8H,3,9H2,1-2H3,(H2,18,22)(H,19,20,23). The van der Waals surface area contributed by atoms with Crippen molar-refractivity contribution in [1.29, 1.82) is 0 Å². The first-order valence-corrected chi connectivity index (χ1v) is 9.57. The fourth-order valence-electron chi connectivity index (χ4n) is 2.56. The Balaban J connectivity index is 1.83. The van der Waals surface area contributed by atoms with Crippen molar-refractivity contribution in [3.8, 4) is 0 Å². The summed E-state index contributed by atoms with van der Waals surface area (Å²) in [6.45, 7) is 4.68. The van der Waals surface area contributed by atoms with Crippen LogP contribution in [-0.4, -0.2) is 27.1 Å². The van der Waals surface area contributed by atoms with Crippen molar-refractivity contribution in [3.63, 3.8) is 0 Å². The van der Waals surface area contributed by atoms with E-state index in [4.69, 9.17) is 5.73 Å². The highest BCUT2D eigenvalue weighted by atomic mass is 32.2. The molecule has 0 fully saturated rings. The van der Waals surface area contributed by atoms with Gasteiger partial charge in [0.1, 0.15) is 0 Å². The van der Waals surface area contributed by atoms with E-state index in [2.05, 4.69) is 10.3 Å². The lowest BCUT2D eigenvalue weighted by atomic mass is 10.1. The third kappa shape index (κ3) is 3.69. The van der Waals surface area contributed by atoms with Crippen LogP contribution < -0.4 is 11.1 Å². The van der Waals surface area contributed by atoms with Crippen LogP contribution in [0.1, 0.15) is 23.0 Å². The average Bonchev–Trinajstić information content (AvgIpc) is 3.13. The first-order chi connectivity index (χ1) is 12.0. The van der Waals surface area contributed by atoms with E-state index < -0.39 is 0 Å². The molecule has 130 valence electrons. The SMILES string of the molecule is CCn1cc(C(=O)Nc2nc(C)c(SCC(N)=O)s2)c2ccccc21. The number of nitrogens with one attached hydrogen (secondary N) is 1. The molecule has 0 unspecified atom stereocenters. The van der Waals surface area contributed by atoms with Crippen molar-refractivity contribution < 1.29 is 9.59 Å². The molecule has 2 aromatic heterocycles. The number of para-hydroxylation sites is 1. The topological polar surface area (TPSA) is 90.0 Å². The van der Waals surface area contributed by atoms with E-state index in [9.17, 15) is 9.59 Å². The van der Waals surface area contributed by atoms with Gasteiger partial charge < -0.3 is 10.3 Å². The minimum absolute atomic E-state index is 0.191. The number of primary amides is 1. The zero-order chi connectivity index (χ0) is 18.0. The molecule has 0 spiro atoms. The van der Waals surface area contributed by atoms with Crippen LogP contribution in [0.2, 0.25) is 0 Å². The number of carbonyl (C=O) groups excluding carboxylic acids is 2. The number of aryl methyl sites for hydroxylation is 2. The van der Waals surface area contributed by atoms with Crippen LogP contribution >= 0.6 is 23.1 Å². The molecule has 2 amide bonds. The Morgan fingerprint density at radius 2 is 2.12 bits per heavy atom. The number of hydrogen-bond acceptors (Lipinski definition) is 5. The molecule has 0 aliphatic carbocycles. The van der Waals surface area contributed by atoms with E-state index in [0.29, 0.717) is 10.7 Å². The van der Waals surface area contributed by atoms with Gasteiger partial charge in [-0.05, 0) is 19.9 Å². The van der Waals surface area contributed by atoms with Gasteiger partial charge in [0.2, 0.25) is 5.91 Å². The van der Waals surface area contributed by atoms with E-state index in [0.717, 1.165) is 27.4 Å². The zero-order valence-corrected chi connectivity index (χ0v) is 15.5. The van der Waals surface area contributed by atoms with E-state index in [1.54, 1.807) is 0 Å². The molecular formula is C17H18N4O2S2. The number of rotatable bonds is 6. The molecule has 0 aliphatic heterocycles. The van der Waals surface area contributed by atoms with Gasteiger partial charge in [-0.3, -0.25) is 14.9 Å². The summed E-state index contributed by atoms with van der Waals surface area (Å²) < 4.78 is 2.93. The monoisotopic (exact) mass is 374 g/mol. The second kappa shape index (κ2) is 7.28. The Kier molecular flexibility index (Phi) is 5.10. The quantitative estimate of drug-likeness (QED) is 0.648. The van der Waals surface area contributed by atoms with Crippen molar-refractivity contribution in [2.75, 3.05) is 11.1 Å². The molecular weight excluding hydrogens is 356 g/mol. The summed E-state index contributed by atoms with van der Waals surface area (Å²) in [7, 11) is 0. The average molecular weight is 374 g/mol. The maximum atomic E-state index is 12.7. The van der Waals surface area contributed by atoms with Crippen molar-refractivity contribution in [2.24, 2.45) is 5.73 Å². The summed E-state index contributed by atoms with van der Waals surface area (Å²) in [4.78, 5) is 28.0. The highest BCUT2D eigenvalue weighted by molar-refractivity contribution is 8.01. The molecule has 0 radical (unpaired) electrons. The Bertz CT molecular complexity index is 945. The summed E-state index contributed by atoms with van der Waals surface area (Å²) in [5.41, 5.74) is 7.61. The molecule has 0 bridgehead atoms. The van der Waals surface area contributed by atoms with Crippen molar-refractivity contribution in [2.45, 2.75) is 24.6 Å². The molecule has 0 saturated carbocycles. The van der Waals surface area contributed by atoms with Gasteiger partial charge in [0.15, 0.2) is 5.13 Å². The number of thiazole rings is 1. The second-order valence-corrected chi connectivity index (χ2v) is 7.69. The van der Waals surface area contributed by atoms with E-state index in [-0.39, 0.29) is 17.6 Å². The van der Waals surface area contributed by atoms with Crippen LogP contribution in [0, 0.1) is 6.92 Å². The van der Waals surface area contributed by atoms with Crippen LogP contribution in [0.3, 0.4) is 0 Å². The lowest BCUT2D eigenvalue weighted by Crippen LogP contribution is -2.12. The maximum Gasteiger partial charge on any atom is 0.259 e. The number of nitrogens with two attached hydrogens (primary N) is 1. The highest BCUT2D eigenvalue weighted by Crippen LogP contribution is 2.32. The largest absolute Gasteiger partial charge is 0.369 e. The lowest BCUT2D eigenvalue weighted by Gasteiger charge is -1.99. The fourth-order valence-corrected chi connectivity index (χ4v) is 4.43. The Morgan fingerprint density at radius 1 is 1.36 bits per heavy atom. The normalized spacial score (nSPS) is 11.0.